The molecule has 0 radical (unpaired) electrons. The van der Waals surface area contributed by atoms with E-state index in [4.69, 9.17) is 9.84 Å². The summed E-state index contributed by atoms with van der Waals surface area (Å²) in [5.74, 6) is 0.0992. The van der Waals surface area contributed by atoms with Crippen LogP contribution in [0, 0.1) is 0 Å². The van der Waals surface area contributed by atoms with E-state index >= 15 is 0 Å². The van der Waals surface area contributed by atoms with Crippen molar-refractivity contribution in [2.75, 3.05) is 0 Å². The standard InChI is InChI=1S/C12H12F3NO4/c13-12(14,15)20-9-3-1-8(2-4-9)19-10-5-7(6-10)16-11(17)18/h1-4,7,10,16H,5-6H2,(H,17,18). The fourth-order valence-electron chi connectivity index (χ4n) is 1.87. The molecule has 1 aliphatic rings. The highest BCUT2D eigenvalue weighted by molar-refractivity contribution is 5.65. The highest BCUT2D eigenvalue weighted by atomic mass is 19.4. The molecule has 110 valence electrons. The summed E-state index contributed by atoms with van der Waals surface area (Å²) in [7, 11) is 0. The fourth-order valence-corrected chi connectivity index (χ4v) is 1.87. The summed E-state index contributed by atoms with van der Waals surface area (Å²) in [4.78, 5) is 10.4. The SMILES string of the molecule is O=C(O)NC1CC(Oc2ccc(OC(F)(F)F)cc2)C1. The second-order valence-corrected chi connectivity index (χ2v) is 4.38. The molecule has 0 saturated heterocycles. The van der Waals surface area contributed by atoms with Crippen LogP contribution in [0.2, 0.25) is 0 Å². The molecule has 20 heavy (non-hydrogen) atoms. The van der Waals surface area contributed by atoms with Gasteiger partial charge >= 0.3 is 12.5 Å². The average Bonchev–Trinajstić information content (AvgIpc) is 2.26. The van der Waals surface area contributed by atoms with E-state index in [9.17, 15) is 18.0 Å². The molecule has 0 aromatic heterocycles. The monoisotopic (exact) mass is 291 g/mol. The van der Waals surface area contributed by atoms with Crippen molar-refractivity contribution < 1.29 is 32.5 Å². The van der Waals surface area contributed by atoms with Gasteiger partial charge in [-0.05, 0) is 24.3 Å². The molecule has 1 saturated carbocycles. The van der Waals surface area contributed by atoms with Gasteiger partial charge in [0, 0.05) is 18.9 Å². The Morgan fingerprint density at radius 2 is 1.75 bits per heavy atom. The van der Waals surface area contributed by atoms with Crippen LogP contribution in [-0.4, -0.2) is 29.7 Å². The van der Waals surface area contributed by atoms with Gasteiger partial charge in [-0.15, -0.1) is 13.2 Å². The molecule has 2 N–H and O–H groups in total. The van der Waals surface area contributed by atoms with Gasteiger partial charge in [-0.25, -0.2) is 4.79 Å². The number of amides is 1. The lowest BCUT2D eigenvalue weighted by Gasteiger charge is -2.35. The number of carboxylic acid groups (broad SMARTS) is 1. The van der Waals surface area contributed by atoms with Gasteiger partial charge < -0.3 is 19.9 Å². The number of ether oxygens (including phenoxy) is 2. The molecule has 5 nitrogen and oxygen atoms in total. The first kappa shape index (κ1) is 14.3. The van der Waals surface area contributed by atoms with E-state index in [0.717, 1.165) is 12.1 Å². The summed E-state index contributed by atoms with van der Waals surface area (Å²) in [6.07, 6.45) is -4.87. The second-order valence-electron chi connectivity index (χ2n) is 4.38. The van der Waals surface area contributed by atoms with Crippen molar-refractivity contribution >= 4 is 6.09 Å². The Labute approximate surface area is 112 Å². The minimum atomic E-state index is -4.72. The lowest BCUT2D eigenvalue weighted by Crippen LogP contribution is -2.48. The molecule has 1 aliphatic carbocycles. The third-order valence-corrected chi connectivity index (χ3v) is 2.78. The van der Waals surface area contributed by atoms with Gasteiger partial charge in [0.1, 0.15) is 17.6 Å². The summed E-state index contributed by atoms with van der Waals surface area (Å²) in [5, 5.41) is 10.8. The van der Waals surface area contributed by atoms with Gasteiger partial charge in [0.25, 0.3) is 0 Å². The second kappa shape index (κ2) is 5.48. The normalized spacial score (nSPS) is 21.8. The van der Waals surface area contributed by atoms with Crippen LogP contribution in [0.1, 0.15) is 12.8 Å². The average molecular weight is 291 g/mol. The summed E-state index contributed by atoms with van der Waals surface area (Å²) in [6, 6.07) is 4.94. The topological polar surface area (TPSA) is 67.8 Å². The van der Waals surface area contributed by atoms with Crippen LogP contribution in [0.4, 0.5) is 18.0 Å². The van der Waals surface area contributed by atoms with Crippen LogP contribution in [0.25, 0.3) is 0 Å². The zero-order chi connectivity index (χ0) is 14.8. The Balaban J connectivity index is 1.79. The van der Waals surface area contributed by atoms with Crippen molar-refractivity contribution in [1.82, 2.24) is 5.32 Å². The lowest BCUT2D eigenvalue weighted by atomic mass is 9.89. The first-order chi connectivity index (χ1) is 9.32. The Kier molecular flexibility index (Phi) is 3.91. The van der Waals surface area contributed by atoms with E-state index in [1.165, 1.54) is 12.1 Å². The minimum absolute atomic E-state index is 0.134. The Morgan fingerprint density at radius 3 is 2.25 bits per heavy atom. The first-order valence-corrected chi connectivity index (χ1v) is 5.84. The van der Waals surface area contributed by atoms with Gasteiger partial charge in [0.15, 0.2) is 0 Å². The first-order valence-electron chi connectivity index (χ1n) is 5.84. The lowest BCUT2D eigenvalue weighted by molar-refractivity contribution is -0.274. The zero-order valence-electron chi connectivity index (χ0n) is 10.2. The summed E-state index contributed by atoms with van der Waals surface area (Å²) in [6.45, 7) is 0. The van der Waals surface area contributed by atoms with Gasteiger partial charge in [-0.1, -0.05) is 0 Å². The molecule has 1 amide bonds. The molecule has 0 heterocycles. The summed E-state index contributed by atoms with van der Waals surface area (Å²) >= 11 is 0. The molecule has 0 atom stereocenters. The number of halogens is 3. The third-order valence-electron chi connectivity index (χ3n) is 2.78. The van der Waals surface area contributed by atoms with Crippen LogP contribution in [0.5, 0.6) is 11.5 Å². The van der Waals surface area contributed by atoms with Crippen molar-refractivity contribution in [2.24, 2.45) is 0 Å². The van der Waals surface area contributed by atoms with Gasteiger partial charge in [0.2, 0.25) is 0 Å². The molecule has 2 rings (SSSR count). The van der Waals surface area contributed by atoms with Gasteiger partial charge in [-0.2, -0.15) is 0 Å². The summed E-state index contributed by atoms with van der Waals surface area (Å²) in [5.41, 5.74) is 0. The maximum absolute atomic E-state index is 12.0. The van der Waals surface area contributed by atoms with Crippen molar-refractivity contribution in [3.05, 3.63) is 24.3 Å². The quantitative estimate of drug-likeness (QED) is 0.895. The van der Waals surface area contributed by atoms with Crippen LogP contribution >= 0.6 is 0 Å². The smallest absolute Gasteiger partial charge is 0.490 e. The maximum atomic E-state index is 12.0. The molecule has 0 bridgehead atoms. The largest absolute Gasteiger partial charge is 0.573 e. The van der Waals surface area contributed by atoms with E-state index in [0.29, 0.717) is 18.6 Å². The number of nitrogens with one attached hydrogen (secondary N) is 1. The molecule has 1 fully saturated rings. The maximum Gasteiger partial charge on any atom is 0.573 e. The number of alkyl halides is 3. The Hall–Kier alpha value is -2.12. The molecule has 1 aromatic rings. The van der Waals surface area contributed by atoms with Crippen molar-refractivity contribution in [3.63, 3.8) is 0 Å². The number of hydrogen-bond donors (Lipinski definition) is 2. The van der Waals surface area contributed by atoms with E-state index in [2.05, 4.69) is 10.1 Å². The molecule has 0 spiro atoms. The number of hydrogen-bond acceptors (Lipinski definition) is 3. The van der Waals surface area contributed by atoms with E-state index in [-0.39, 0.29) is 17.9 Å². The third kappa shape index (κ3) is 4.22. The van der Waals surface area contributed by atoms with Crippen LogP contribution < -0.4 is 14.8 Å². The highest BCUT2D eigenvalue weighted by Gasteiger charge is 2.32. The van der Waals surface area contributed by atoms with E-state index in [1.807, 2.05) is 0 Å². The van der Waals surface area contributed by atoms with E-state index in [1.54, 1.807) is 0 Å². The van der Waals surface area contributed by atoms with Crippen LogP contribution in [0.3, 0.4) is 0 Å². The number of benzene rings is 1. The molecular formula is C12H12F3NO4. The number of carbonyl (C=O) groups is 1. The van der Waals surface area contributed by atoms with Crippen LogP contribution in [0.15, 0.2) is 24.3 Å². The van der Waals surface area contributed by atoms with Crippen molar-refractivity contribution in [1.29, 1.82) is 0 Å². The Morgan fingerprint density at radius 1 is 1.20 bits per heavy atom. The van der Waals surface area contributed by atoms with Crippen molar-refractivity contribution in [3.8, 4) is 11.5 Å². The van der Waals surface area contributed by atoms with Gasteiger partial charge in [-0.3, -0.25) is 0 Å². The van der Waals surface area contributed by atoms with Crippen molar-refractivity contribution in [2.45, 2.75) is 31.3 Å². The molecule has 0 aliphatic heterocycles. The Bertz CT molecular complexity index is 469. The minimum Gasteiger partial charge on any atom is -0.490 e. The van der Waals surface area contributed by atoms with E-state index < -0.39 is 12.5 Å². The molecule has 0 unspecified atom stereocenters. The molecule has 1 aromatic carbocycles. The fraction of sp³-hybridized carbons (Fsp3) is 0.417. The van der Waals surface area contributed by atoms with Crippen LogP contribution in [-0.2, 0) is 0 Å². The van der Waals surface area contributed by atoms with Gasteiger partial charge in [0.05, 0.1) is 0 Å². The highest BCUT2D eigenvalue weighted by Crippen LogP contribution is 2.28. The molecular weight excluding hydrogens is 279 g/mol. The predicted octanol–water partition coefficient (Wildman–Crippen LogP) is 2.76. The zero-order valence-corrected chi connectivity index (χ0v) is 10.2. The summed E-state index contributed by atoms with van der Waals surface area (Å²) < 4.78 is 45.1. The predicted molar refractivity (Wildman–Crippen MR) is 61.7 cm³/mol. The number of rotatable bonds is 4. The molecule has 8 heteroatoms.